The number of hydrogen-bond acceptors (Lipinski definition) is 2. The molecule has 0 bridgehead atoms. The van der Waals surface area contributed by atoms with Crippen LogP contribution in [-0.2, 0) is 0 Å². The molecule has 0 radical (unpaired) electrons. The Hall–Kier alpha value is -1.28. The van der Waals surface area contributed by atoms with Crippen molar-refractivity contribution in [1.29, 1.82) is 0 Å². The summed E-state index contributed by atoms with van der Waals surface area (Å²) in [4.78, 5) is 0. The number of ether oxygens (including phenoxy) is 1. The van der Waals surface area contributed by atoms with E-state index in [-0.39, 0.29) is 0 Å². The highest BCUT2D eigenvalue weighted by atomic mass is 16.5. The lowest BCUT2D eigenvalue weighted by atomic mass is 10.1. The monoisotopic (exact) mass is 192 g/mol. The fraction of sp³-hybridized carbons (Fsp3) is 0.333. The number of hydrogen-bond donors (Lipinski definition) is 1. The van der Waals surface area contributed by atoms with Crippen LogP contribution >= 0.6 is 0 Å². The minimum Gasteiger partial charge on any atom is -0.489 e. The molecule has 0 aromatic heterocycles. The summed E-state index contributed by atoms with van der Waals surface area (Å²) in [6.45, 7) is 5.99. The van der Waals surface area contributed by atoms with E-state index in [1.807, 2.05) is 31.2 Å². The summed E-state index contributed by atoms with van der Waals surface area (Å²) in [6.07, 6.45) is 1.93. The predicted molar refractivity (Wildman–Crippen MR) is 57.4 cm³/mol. The second-order valence-corrected chi connectivity index (χ2v) is 3.06. The van der Waals surface area contributed by atoms with Crippen LogP contribution in [0.25, 0.3) is 0 Å². The van der Waals surface area contributed by atoms with Crippen molar-refractivity contribution in [3.05, 3.63) is 42.5 Å². The first-order chi connectivity index (χ1) is 6.79. The van der Waals surface area contributed by atoms with E-state index in [0.717, 1.165) is 11.3 Å². The first kappa shape index (κ1) is 10.8. The topological polar surface area (TPSA) is 29.5 Å². The maximum absolute atomic E-state index is 9.70. The Kier molecular flexibility index (Phi) is 4.20. The molecule has 2 nitrogen and oxygen atoms in total. The van der Waals surface area contributed by atoms with Crippen molar-refractivity contribution in [2.45, 2.75) is 19.4 Å². The van der Waals surface area contributed by atoms with Gasteiger partial charge in [-0.15, -0.1) is 0 Å². The van der Waals surface area contributed by atoms with Gasteiger partial charge in [-0.05, 0) is 12.5 Å². The largest absolute Gasteiger partial charge is 0.489 e. The van der Waals surface area contributed by atoms with Crippen molar-refractivity contribution in [2.24, 2.45) is 0 Å². The maximum atomic E-state index is 9.70. The van der Waals surface area contributed by atoms with E-state index >= 15 is 0 Å². The average molecular weight is 192 g/mol. The van der Waals surface area contributed by atoms with Gasteiger partial charge in [0.15, 0.2) is 0 Å². The maximum Gasteiger partial charge on any atom is 0.125 e. The lowest BCUT2D eigenvalue weighted by molar-refractivity contribution is 0.168. The molecule has 0 fully saturated rings. The molecule has 14 heavy (non-hydrogen) atoms. The van der Waals surface area contributed by atoms with E-state index in [9.17, 15) is 5.11 Å². The van der Waals surface area contributed by atoms with E-state index in [0.29, 0.717) is 13.0 Å². The third-order valence-corrected chi connectivity index (χ3v) is 2.02. The highest BCUT2D eigenvalue weighted by Crippen LogP contribution is 2.26. The third-order valence-electron chi connectivity index (χ3n) is 2.02. The molecule has 0 aliphatic rings. The Bertz CT molecular complexity index is 294. The number of aliphatic hydroxyl groups is 1. The molecule has 1 rings (SSSR count). The third kappa shape index (κ3) is 2.60. The molecular formula is C12H16O2. The Morgan fingerprint density at radius 3 is 2.86 bits per heavy atom. The van der Waals surface area contributed by atoms with E-state index in [1.165, 1.54) is 0 Å². The lowest BCUT2D eigenvalue weighted by Gasteiger charge is -2.13. The minimum absolute atomic E-state index is 0.448. The Labute approximate surface area is 84.8 Å². The zero-order chi connectivity index (χ0) is 10.4. The molecule has 0 aliphatic heterocycles. The molecule has 2 heteroatoms. The SMILES string of the molecule is C=CCOc1ccccc1C(O)CC. The van der Waals surface area contributed by atoms with Crippen molar-refractivity contribution in [3.8, 4) is 5.75 Å². The van der Waals surface area contributed by atoms with Gasteiger partial charge in [0.05, 0.1) is 6.10 Å². The van der Waals surface area contributed by atoms with Gasteiger partial charge in [0.2, 0.25) is 0 Å². The van der Waals surface area contributed by atoms with Crippen LogP contribution in [0.15, 0.2) is 36.9 Å². The van der Waals surface area contributed by atoms with E-state index in [4.69, 9.17) is 4.74 Å². The molecule has 0 spiro atoms. The number of rotatable bonds is 5. The van der Waals surface area contributed by atoms with Crippen LogP contribution in [-0.4, -0.2) is 11.7 Å². The average Bonchev–Trinajstić information content (AvgIpc) is 2.25. The summed E-state index contributed by atoms with van der Waals surface area (Å²) in [5.74, 6) is 0.738. The highest BCUT2D eigenvalue weighted by molar-refractivity contribution is 5.35. The van der Waals surface area contributed by atoms with Crippen molar-refractivity contribution in [2.75, 3.05) is 6.61 Å². The molecule has 1 aromatic carbocycles. The van der Waals surface area contributed by atoms with Crippen LogP contribution in [0.2, 0.25) is 0 Å². The Morgan fingerprint density at radius 1 is 1.50 bits per heavy atom. The van der Waals surface area contributed by atoms with Crippen LogP contribution in [0.5, 0.6) is 5.75 Å². The van der Waals surface area contributed by atoms with Crippen LogP contribution in [0.4, 0.5) is 0 Å². The van der Waals surface area contributed by atoms with Crippen molar-refractivity contribution in [1.82, 2.24) is 0 Å². The molecule has 1 unspecified atom stereocenters. The molecule has 0 heterocycles. The van der Waals surface area contributed by atoms with E-state index in [2.05, 4.69) is 6.58 Å². The van der Waals surface area contributed by atoms with E-state index < -0.39 is 6.10 Å². The first-order valence-electron chi connectivity index (χ1n) is 4.80. The molecule has 76 valence electrons. The highest BCUT2D eigenvalue weighted by Gasteiger charge is 2.09. The molecular weight excluding hydrogens is 176 g/mol. The van der Waals surface area contributed by atoms with Crippen LogP contribution in [0.3, 0.4) is 0 Å². The van der Waals surface area contributed by atoms with Crippen LogP contribution in [0, 0.1) is 0 Å². The van der Waals surface area contributed by atoms with Crippen molar-refractivity contribution < 1.29 is 9.84 Å². The molecule has 0 aliphatic carbocycles. The first-order valence-corrected chi connectivity index (χ1v) is 4.80. The van der Waals surface area contributed by atoms with Gasteiger partial charge >= 0.3 is 0 Å². The van der Waals surface area contributed by atoms with Gasteiger partial charge in [-0.1, -0.05) is 37.8 Å². The van der Waals surface area contributed by atoms with Gasteiger partial charge in [-0.3, -0.25) is 0 Å². The van der Waals surface area contributed by atoms with Gasteiger partial charge in [0, 0.05) is 5.56 Å². The molecule has 1 N–H and O–H groups in total. The normalized spacial score (nSPS) is 12.1. The summed E-state index contributed by atoms with van der Waals surface area (Å²) in [6, 6.07) is 7.53. The van der Waals surface area contributed by atoms with Gasteiger partial charge < -0.3 is 9.84 Å². The lowest BCUT2D eigenvalue weighted by Crippen LogP contribution is -2.01. The minimum atomic E-state index is -0.448. The number of benzene rings is 1. The number of para-hydroxylation sites is 1. The van der Waals surface area contributed by atoms with E-state index in [1.54, 1.807) is 6.08 Å². The van der Waals surface area contributed by atoms with Gasteiger partial charge in [0.25, 0.3) is 0 Å². The second-order valence-electron chi connectivity index (χ2n) is 3.06. The summed E-state index contributed by atoms with van der Waals surface area (Å²) >= 11 is 0. The van der Waals surface area contributed by atoms with Gasteiger partial charge in [0.1, 0.15) is 12.4 Å². The van der Waals surface area contributed by atoms with Crippen molar-refractivity contribution in [3.63, 3.8) is 0 Å². The van der Waals surface area contributed by atoms with Gasteiger partial charge in [-0.25, -0.2) is 0 Å². The fourth-order valence-electron chi connectivity index (χ4n) is 1.26. The quantitative estimate of drug-likeness (QED) is 0.727. The Balaban J connectivity index is 2.84. The summed E-state index contributed by atoms with van der Waals surface area (Å²) in [5.41, 5.74) is 0.844. The second kappa shape index (κ2) is 5.45. The smallest absolute Gasteiger partial charge is 0.125 e. The summed E-state index contributed by atoms with van der Waals surface area (Å²) in [7, 11) is 0. The molecule has 0 saturated heterocycles. The standard InChI is InChI=1S/C12H16O2/c1-3-9-14-12-8-6-5-7-10(12)11(13)4-2/h3,5-8,11,13H,1,4,9H2,2H3. The summed E-state index contributed by atoms with van der Waals surface area (Å²) < 4.78 is 5.43. The predicted octanol–water partition coefficient (Wildman–Crippen LogP) is 2.69. The fourth-order valence-corrected chi connectivity index (χ4v) is 1.26. The number of aliphatic hydroxyl groups excluding tert-OH is 1. The van der Waals surface area contributed by atoms with Gasteiger partial charge in [-0.2, -0.15) is 0 Å². The van der Waals surface area contributed by atoms with Crippen LogP contribution < -0.4 is 4.74 Å². The summed E-state index contributed by atoms with van der Waals surface area (Å²) in [5, 5.41) is 9.70. The zero-order valence-corrected chi connectivity index (χ0v) is 8.44. The Morgan fingerprint density at radius 2 is 2.21 bits per heavy atom. The molecule has 0 amide bonds. The molecule has 1 atom stereocenters. The molecule has 0 saturated carbocycles. The molecule has 1 aromatic rings. The zero-order valence-electron chi connectivity index (χ0n) is 8.44. The van der Waals surface area contributed by atoms with Crippen LogP contribution in [0.1, 0.15) is 25.0 Å². The van der Waals surface area contributed by atoms with Crippen molar-refractivity contribution >= 4 is 0 Å².